The van der Waals surface area contributed by atoms with Gasteiger partial charge in [0.25, 0.3) is 5.91 Å². The molecule has 1 atom stereocenters. The van der Waals surface area contributed by atoms with Crippen LogP contribution in [-0.4, -0.2) is 30.1 Å². The maximum Gasteiger partial charge on any atom is 0.254 e. The van der Waals surface area contributed by atoms with E-state index >= 15 is 0 Å². The van der Waals surface area contributed by atoms with Gasteiger partial charge in [0.15, 0.2) is 0 Å². The molecule has 1 heterocycles. The zero-order chi connectivity index (χ0) is 22.3. The third-order valence-electron chi connectivity index (χ3n) is 5.63. The van der Waals surface area contributed by atoms with Gasteiger partial charge in [0.2, 0.25) is 0 Å². The van der Waals surface area contributed by atoms with Gasteiger partial charge < -0.3 is 14.4 Å². The highest BCUT2D eigenvalue weighted by Crippen LogP contribution is 2.20. The third-order valence-corrected chi connectivity index (χ3v) is 5.63. The molecule has 4 rings (SSSR count). The minimum Gasteiger partial charge on any atom is -0.489 e. The molecule has 0 radical (unpaired) electrons. The van der Waals surface area contributed by atoms with E-state index in [1.165, 1.54) is 12.1 Å². The summed E-state index contributed by atoms with van der Waals surface area (Å²) in [6.07, 6.45) is 2.09. The number of hydrogen-bond acceptors (Lipinski definition) is 3. The number of carbonyl (C=O) groups excluding carboxylic acids is 1. The van der Waals surface area contributed by atoms with Crippen molar-refractivity contribution in [1.29, 1.82) is 0 Å². The van der Waals surface area contributed by atoms with Gasteiger partial charge in [-0.05, 0) is 67.3 Å². The topological polar surface area (TPSA) is 38.8 Å². The molecule has 0 spiro atoms. The molecule has 0 N–H and O–H groups in total. The van der Waals surface area contributed by atoms with Gasteiger partial charge >= 0.3 is 0 Å². The molecule has 1 aliphatic rings. The van der Waals surface area contributed by atoms with Gasteiger partial charge in [-0.25, -0.2) is 4.39 Å². The van der Waals surface area contributed by atoms with Crippen molar-refractivity contribution in [3.8, 4) is 5.75 Å². The maximum absolute atomic E-state index is 13.3. The predicted octanol–water partition coefficient (Wildman–Crippen LogP) is 5.53. The smallest absolute Gasteiger partial charge is 0.254 e. The molecule has 1 aliphatic heterocycles. The molecule has 3 aromatic rings. The second kappa shape index (κ2) is 10.4. The zero-order valence-electron chi connectivity index (χ0n) is 18.3. The molecule has 5 heteroatoms. The fourth-order valence-electron chi connectivity index (χ4n) is 3.84. The molecule has 0 aromatic heterocycles. The van der Waals surface area contributed by atoms with Crippen LogP contribution in [-0.2, 0) is 17.9 Å². The van der Waals surface area contributed by atoms with E-state index in [9.17, 15) is 9.18 Å². The summed E-state index contributed by atoms with van der Waals surface area (Å²) in [6.45, 7) is 4.14. The lowest BCUT2D eigenvalue weighted by Crippen LogP contribution is -2.37. The number of halogens is 1. The van der Waals surface area contributed by atoms with Crippen molar-refractivity contribution >= 4 is 5.91 Å². The quantitative estimate of drug-likeness (QED) is 0.469. The first-order valence-corrected chi connectivity index (χ1v) is 11.0. The zero-order valence-corrected chi connectivity index (χ0v) is 18.3. The first kappa shape index (κ1) is 22.0. The molecule has 1 fully saturated rings. The lowest BCUT2D eigenvalue weighted by atomic mass is 10.1. The van der Waals surface area contributed by atoms with Crippen LogP contribution in [0.5, 0.6) is 5.75 Å². The van der Waals surface area contributed by atoms with Crippen LogP contribution in [0.2, 0.25) is 0 Å². The first-order chi connectivity index (χ1) is 15.6. The van der Waals surface area contributed by atoms with Gasteiger partial charge in [0, 0.05) is 25.3 Å². The second-order valence-electron chi connectivity index (χ2n) is 8.25. The Morgan fingerprint density at radius 1 is 1.06 bits per heavy atom. The SMILES string of the molecule is Cc1ccc(C(=O)N(Cc2ccc(OCc3cccc(F)c3)cc2)CC2CCCO2)cc1. The monoisotopic (exact) mass is 433 g/mol. The van der Waals surface area contributed by atoms with E-state index in [4.69, 9.17) is 9.47 Å². The number of carbonyl (C=O) groups is 1. The summed E-state index contributed by atoms with van der Waals surface area (Å²) >= 11 is 0. The Hall–Kier alpha value is -3.18. The molecular formula is C27H28FNO3. The third kappa shape index (κ3) is 5.95. The lowest BCUT2D eigenvalue weighted by molar-refractivity contribution is 0.0507. The van der Waals surface area contributed by atoms with Crippen LogP contribution in [0.3, 0.4) is 0 Å². The Morgan fingerprint density at radius 2 is 1.84 bits per heavy atom. The Bertz CT molecular complexity index is 1030. The fraction of sp³-hybridized carbons (Fsp3) is 0.296. The highest BCUT2D eigenvalue weighted by atomic mass is 19.1. The molecule has 1 unspecified atom stereocenters. The van der Waals surface area contributed by atoms with E-state index in [2.05, 4.69) is 0 Å². The Balaban J connectivity index is 1.42. The summed E-state index contributed by atoms with van der Waals surface area (Å²) in [6, 6.07) is 21.8. The van der Waals surface area contributed by atoms with Gasteiger partial charge in [0.1, 0.15) is 18.2 Å². The normalized spacial score (nSPS) is 15.5. The summed E-state index contributed by atoms with van der Waals surface area (Å²) in [5, 5.41) is 0. The van der Waals surface area contributed by atoms with Gasteiger partial charge in [-0.2, -0.15) is 0 Å². The number of rotatable bonds is 8. The van der Waals surface area contributed by atoms with Gasteiger partial charge in [0.05, 0.1) is 6.10 Å². The summed E-state index contributed by atoms with van der Waals surface area (Å²) < 4.78 is 24.9. The second-order valence-corrected chi connectivity index (χ2v) is 8.25. The molecule has 1 saturated heterocycles. The van der Waals surface area contributed by atoms with Crippen LogP contribution >= 0.6 is 0 Å². The number of benzene rings is 3. The van der Waals surface area contributed by atoms with E-state index < -0.39 is 0 Å². The molecule has 4 nitrogen and oxygen atoms in total. The summed E-state index contributed by atoms with van der Waals surface area (Å²) in [5.74, 6) is 0.437. The van der Waals surface area contributed by atoms with Crippen molar-refractivity contribution < 1.29 is 18.7 Å². The average molecular weight is 434 g/mol. The van der Waals surface area contributed by atoms with Crippen LogP contribution < -0.4 is 4.74 Å². The van der Waals surface area contributed by atoms with Crippen molar-refractivity contribution in [1.82, 2.24) is 4.90 Å². The minimum atomic E-state index is -0.272. The number of nitrogens with zero attached hydrogens (tertiary/aromatic N) is 1. The summed E-state index contributed by atoms with van der Waals surface area (Å²) in [4.78, 5) is 15.1. The van der Waals surface area contributed by atoms with Crippen molar-refractivity contribution in [2.45, 2.75) is 39.0 Å². The van der Waals surface area contributed by atoms with Crippen molar-refractivity contribution in [2.75, 3.05) is 13.2 Å². The highest BCUT2D eigenvalue weighted by Gasteiger charge is 2.23. The van der Waals surface area contributed by atoms with Crippen LogP contribution in [0.1, 0.15) is 39.9 Å². The number of ether oxygens (including phenoxy) is 2. The van der Waals surface area contributed by atoms with Gasteiger partial charge in [-0.3, -0.25) is 4.79 Å². The lowest BCUT2D eigenvalue weighted by Gasteiger charge is -2.26. The molecule has 0 bridgehead atoms. The standard InChI is InChI=1S/C27H28FNO3/c1-20-7-11-23(12-8-20)27(30)29(18-26-6-3-15-31-26)17-21-9-13-25(14-10-21)32-19-22-4-2-5-24(28)16-22/h2,4-5,7-14,16,26H,3,6,15,17-19H2,1H3. The van der Waals surface area contributed by atoms with Crippen LogP contribution in [0, 0.1) is 12.7 Å². The fourth-order valence-corrected chi connectivity index (χ4v) is 3.84. The first-order valence-electron chi connectivity index (χ1n) is 11.0. The van der Waals surface area contributed by atoms with E-state index in [0.29, 0.717) is 31.0 Å². The number of amides is 1. The average Bonchev–Trinajstić information content (AvgIpc) is 3.31. The summed E-state index contributed by atoms with van der Waals surface area (Å²) in [5.41, 5.74) is 3.60. The van der Waals surface area contributed by atoms with E-state index in [0.717, 1.165) is 36.1 Å². The Morgan fingerprint density at radius 3 is 2.53 bits per heavy atom. The minimum absolute atomic E-state index is 0.00642. The van der Waals surface area contributed by atoms with Gasteiger partial charge in [-0.15, -0.1) is 0 Å². The highest BCUT2D eigenvalue weighted by molar-refractivity contribution is 5.94. The molecular weight excluding hydrogens is 405 g/mol. The molecule has 0 aliphatic carbocycles. The van der Waals surface area contributed by atoms with E-state index in [1.54, 1.807) is 6.07 Å². The number of hydrogen-bond donors (Lipinski definition) is 0. The maximum atomic E-state index is 13.3. The van der Waals surface area contributed by atoms with Crippen LogP contribution in [0.4, 0.5) is 4.39 Å². The molecule has 32 heavy (non-hydrogen) atoms. The van der Waals surface area contributed by atoms with Crippen LogP contribution in [0.15, 0.2) is 72.8 Å². The Labute approximate surface area is 188 Å². The molecule has 3 aromatic carbocycles. The van der Waals surface area contributed by atoms with Gasteiger partial charge in [-0.1, -0.05) is 42.0 Å². The van der Waals surface area contributed by atoms with Crippen molar-refractivity contribution in [2.24, 2.45) is 0 Å². The number of aryl methyl sites for hydroxylation is 1. The molecule has 1 amide bonds. The van der Waals surface area contributed by atoms with E-state index in [-0.39, 0.29) is 17.8 Å². The van der Waals surface area contributed by atoms with Crippen molar-refractivity contribution in [3.05, 3.63) is 101 Å². The Kier molecular flexibility index (Phi) is 7.17. The van der Waals surface area contributed by atoms with E-state index in [1.807, 2.05) is 66.4 Å². The van der Waals surface area contributed by atoms with Crippen LogP contribution in [0.25, 0.3) is 0 Å². The largest absolute Gasteiger partial charge is 0.489 e. The van der Waals surface area contributed by atoms with Crippen molar-refractivity contribution in [3.63, 3.8) is 0 Å². The summed E-state index contributed by atoms with van der Waals surface area (Å²) in [7, 11) is 0. The molecule has 0 saturated carbocycles. The molecule has 166 valence electrons. The predicted molar refractivity (Wildman–Crippen MR) is 122 cm³/mol.